The summed E-state index contributed by atoms with van der Waals surface area (Å²) in [5.41, 5.74) is 11.3. The Kier molecular flexibility index (Phi) is 10.8. The van der Waals surface area contributed by atoms with E-state index in [0.717, 1.165) is 57.8 Å². The van der Waals surface area contributed by atoms with E-state index in [1.807, 2.05) is 29.2 Å². The van der Waals surface area contributed by atoms with Gasteiger partial charge in [-0.15, -0.1) is 0 Å². The van der Waals surface area contributed by atoms with Crippen LogP contribution in [0.15, 0.2) is 78.9 Å². The molecule has 0 radical (unpaired) electrons. The largest absolute Gasteiger partial charge is 0.369 e. The molecular formula is C32H42ClN5O. The molecule has 0 spiro atoms. The molecule has 0 bridgehead atoms. The van der Waals surface area contributed by atoms with E-state index in [9.17, 15) is 4.79 Å². The molecule has 1 fully saturated rings. The van der Waals surface area contributed by atoms with Crippen molar-refractivity contribution in [3.05, 3.63) is 101 Å². The number of hydrogen-bond donors (Lipinski definition) is 1. The van der Waals surface area contributed by atoms with Crippen LogP contribution in [0.3, 0.4) is 0 Å². The molecule has 2 N–H and O–H groups in total. The number of nitrogens with zero attached hydrogens (tertiary/aromatic N) is 4. The first kappa shape index (κ1) is 29.1. The molecule has 1 heterocycles. The summed E-state index contributed by atoms with van der Waals surface area (Å²) in [6, 6.07) is 26.4. The Bertz CT molecular complexity index is 1170. The Hall–Kier alpha value is -2.90. The number of amides is 1. The average molecular weight is 548 g/mol. The Balaban J connectivity index is 1.41. The van der Waals surface area contributed by atoms with Crippen molar-refractivity contribution in [2.45, 2.75) is 32.0 Å². The van der Waals surface area contributed by atoms with E-state index in [1.165, 1.54) is 16.8 Å². The highest BCUT2D eigenvalue weighted by Crippen LogP contribution is 2.24. The van der Waals surface area contributed by atoms with E-state index in [4.69, 9.17) is 17.3 Å². The zero-order valence-corrected chi connectivity index (χ0v) is 24.1. The minimum Gasteiger partial charge on any atom is -0.369 e. The highest BCUT2D eigenvalue weighted by atomic mass is 35.5. The summed E-state index contributed by atoms with van der Waals surface area (Å²) >= 11 is 6.00. The molecule has 0 aliphatic carbocycles. The number of nitrogens with two attached hydrogens (primary N) is 1. The molecule has 3 aromatic carbocycles. The van der Waals surface area contributed by atoms with Gasteiger partial charge in [0.25, 0.3) is 0 Å². The molecule has 1 aliphatic rings. The summed E-state index contributed by atoms with van der Waals surface area (Å²) in [5, 5.41) is 0.687. The second kappa shape index (κ2) is 14.5. The second-order valence-electron chi connectivity index (χ2n) is 10.7. The first-order chi connectivity index (χ1) is 18.9. The predicted molar refractivity (Wildman–Crippen MR) is 162 cm³/mol. The molecule has 3 aromatic rings. The van der Waals surface area contributed by atoms with E-state index in [-0.39, 0.29) is 5.91 Å². The summed E-state index contributed by atoms with van der Waals surface area (Å²) in [6.45, 7) is 6.91. The number of halogens is 1. The predicted octanol–water partition coefficient (Wildman–Crippen LogP) is 4.51. The van der Waals surface area contributed by atoms with Crippen LogP contribution in [0.5, 0.6) is 0 Å². The third-order valence-electron chi connectivity index (χ3n) is 7.33. The molecule has 39 heavy (non-hydrogen) atoms. The maximum Gasteiger partial charge on any atom is 0.239 e. The van der Waals surface area contributed by atoms with Crippen molar-refractivity contribution in [1.82, 2.24) is 14.7 Å². The first-order valence-electron chi connectivity index (χ1n) is 13.9. The fourth-order valence-corrected chi connectivity index (χ4v) is 5.29. The smallest absolute Gasteiger partial charge is 0.239 e. The van der Waals surface area contributed by atoms with E-state index < -0.39 is 6.04 Å². The van der Waals surface area contributed by atoms with Crippen LogP contribution in [0.4, 0.5) is 5.69 Å². The average Bonchev–Trinajstić information content (AvgIpc) is 3.20. The number of anilines is 1. The van der Waals surface area contributed by atoms with E-state index in [2.05, 4.69) is 83.4 Å². The Morgan fingerprint density at radius 2 is 1.56 bits per heavy atom. The van der Waals surface area contributed by atoms with Gasteiger partial charge in [-0.25, -0.2) is 0 Å². The van der Waals surface area contributed by atoms with Crippen LogP contribution in [0.2, 0.25) is 5.02 Å². The fraction of sp³-hybridized carbons (Fsp3) is 0.406. The number of carbonyl (C=O) groups is 1. The molecule has 0 aromatic heterocycles. The zero-order chi connectivity index (χ0) is 27.6. The zero-order valence-electron chi connectivity index (χ0n) is 23.3. The van der Waals surface area contributed by atoms with Gasteiger partial charge in [0.1, 0.15) is 0 Å². The van der Waals surface area contributed by atoms with Crippen molar-refractivity contribution >= 4 is 23.2 Å². The summed E-state index contributed by atoms with van der Waals surface area (Å²) in [7, 11) is 4.25. The standard InChI is InChI=1S/C32H42ClN5O/c1-35(2)19-20-36(24-27-9-4-3-5-10-27)25-28-11-6-7-12-31(28)37-17-8-18-38(22-21-37)32(39)30(34)23-26-13-15-29(33)16-14-26/h3-7,9-16,30H,8,17-25,34H2,1-2H3. The maximum absolute atomic E-state index is 13.2. The molecule has 208 valence electrons. The summed E-state index contributed by atoms with van der Waals surface area (Å²) in [5.74, 6) is 0.0257. The van der Waals surface area contributed by atoms with Crippen LogP contribution in [0, 0.1) is 0 Å². The highest BCUT2D eigenvalue weighted by molar-refractivity contribution is 6.30. The molecule has 1 unspecified atom stereocenters. The second-order valence-corrected chi connectivity index (χ2v) is 11.2. The van der Waals surface area contributed by atoms with Crippen LogP contribution in [-0.4, -0.2) is 80.0 Å². The lowest BCUT2D eigenvalue weighted by atomic mass is 10.1. The summed E-state index contributed by atoms with van der Waals surface area (Å²) in [4.78, 5) is 22.4. The number of likely N-dealkylation sites (N-methyl/N-ethyl adjacent to an activating group) is 1. The fourth-order valence-electron chi connectivity index (χ4n) is 5.17. The normalized spacial score (nSPS) is 15.0. The van der Waals surface area contributed by atoms with Gasteiger partial charge in [-0.05, 0) is 61.8 Å². The molecule has 1 atom stereocenters. The van der Waals surface area contributed by atoms with Gasteiger partial charge in [-0.3, -0.25) is 9.69 Å². The number of hydrogen-bond acceptors (Lipinski definition) is 5. The van der Waals surface area contributed by atoms with Crippen LogP contribution >= 0.6 is 11.6 Å². The van der Waals surface area contributed by atoms with Crippen molar-refractivity contribution < 1.29 is 4.79 Å². The third-order valence-corrected chi connectivity index (χ3v) is 7.58. The molecule has 1 saturated heterocycles. The van der Waals surface area contributed by atoms with Crippen LogP contribution in [-0.2, 0) is 24.3 Å². The van der Waals surface area contributed by atoms with Crippen molar-refractivity contribution in [2.24, 2.45) is 5.73 Å². The number of para-hydroxylation sites is 1. The lowest BCUT2D eigenvalue weighted by molar-refractivity contribution is -0.132. The van der Waals surface area contributed by atoms with E-state index in [0.29, 0.717) is 18.0 Å². The summed E-state index contributed by atoms with van der Waals surface area (Å²) in [6.07, 6.45) is 1.44. The van der Waals surface area contributed by atoms with Gasteiger partial charge < -0.3 is 20.4 Å². The summed E-state index contributed by atoms with van der Waals surface area (Å²) < 4.78 is 0. The van der Waals surface area contributed by atoms with Crippen molar-refractivity contribution in [3.63, 3.8) is 0 Å². The van der Waals surface area contributed by atoms with Gasteiger partial charge in [0.2, 0.25) is 5.91 Å². The Morgan fingerprint density at radius 1 is 0.846 bits per heavy atom. The number of rotatable bonds is 11. The minimum absolute atomic E-state index is 0.0257. The molecular weight excluding hydrogens is 506 g/mol. The van der Waals surface area contributed by atoms with Gasteiger partial charge in [-0.2, -0.15) is 0 Å². The Morgan fingerprint density at radius 3 is 2.31 bits per heavy atom. The Labute approximate surface area is 238 Å². The number of carbonyl (C=O) groups excluding carboxylic acids is 1. The van der Waals surface area contributed by atoms with Gasteiger partial charge in [0.05, 0.1) is 6.04 Å². The van der Waals surface area contributed by atoms with Crippen molar-refractivity contribution in [2.75, 3.05) is 58.3 Å². The first-order valence-corrected chi connectivity index (χ1v) is 14.3. The molecule has 1 aliphatic heterocycles. The van der Waals surface area contributed by atoms with Gasteiger partial charge in [0.15, 0.2) is 0 Å². The highest BCUT2D eigenvalue weighted by Gasteiger charge is 2.25. The van der Waals surface area contributed by atoms with Crippen molar-refractivity contribution in [3.8, 4) is 0 Å². The van der Waals surface area contributed by atoms with Crippen LogP contribution in [0.25, 0.3) is 0 Å². The van der Waals surface area contributed by atoms with Crippen molar-refractivity contribution in [1.29, 1.82) is 0 Å². The van der Waals surface area contributed by atoms with Crippen LogP contribution < -0.4 is 10.6 Å². The van der Waals surface area contributed by atoms with Gasteiger partial charge >= 0.3 is 0 Å². The van der Waals surface area contributed by atoms with Gasteiger partial charge in [0, 0.05) is 63.1 Å². The lowest BCUT2D eigenvalue weighted by Gasteiger charge is -2.29. The topological polar surface area (TPSA) is 56.0 Å². The third kappa shape index (κ3) is 8.80. The molecule has 0 saturated carbocycles. The SMILES string of the molecule is CN(C)CCN(Cc1ccccc1)Cc1ccccc1N1CCCN(C(=O)C(N)Cc2ccc(Cl)cc2)CC1. The van der Waals surface area contributed by atoms with Crippen LogP contribution in [0.1, 0.15) is 23.1 Å². The van der Waals surface area contributed by atoms with E-state index in [1.54, 1.807) is 0 Å². The quantitative estimate of drug-likeness (QED) is 0.383. The number of benzene rings is 3. The van der Waals surface area contributed by atoms with E-state index >= 15 is 0 Å². The van der Waals surface area contributed by atoms with Gasteiger partial charge in [-0.1, -0.05) is 72.3 Å². The molecule has 7 heteroatoms. The minimum atomic E-state index is -0.548. The lowest BCUT2D eigenvalue weighted by Crippen LogP contribution is -2.46. The monoisotopic (exact) mass is 547 g/mol. The molecule has 1 amide bonds. The molecule has 4 rings (SSSR count). The molecule has 6 nitrogen and oxygen atoms in total. The maximum atomic E-state index is 13.2.